The molecule has 1 heterocycles. The summed E-state index contributed by atoms with van der Waals surface area (Å²) in [6, 6.07) is 15.0. The van der Waals surface area contributed by atoms with Gasteiger partial charge in [-0.05, 0) is 40.3 Å². The molecule has 164 valence electrons. The molecule has 0 atom stereocenters. The predicted octanol–water partition coefficient (Wildman–Crippen LogP) is 6.36. The van der Waals surface area contributed by atoms with E-state index in [-0.39, 0.29) is 35.5 Å². The normalized spacial score (nSPS) is 18.6. The third kappa shape index (κ3) is 4.62. The van der Waals surface area contributed by atoms with Crippen LogP contribution < -0.4 is 0 Å². The summed E-state index contributed by atoms with van der Waals surface area (Å²) in [7, 11) is 5.43. The van der Waals surface area contributed by atoms with Gasteiger partial charge in [-0.1, -0.05) is 68.2 Å². The summed E-state index contributed by atoms with van der Waals surface area (Å²) < 4.78 is 54.7. The van der Waals surface area contributed by atoms with Crippen LogP contribution >= 0.6 is 0 Å². The van der Waals surface area contributed by atoms with Crippen molar-refractivity contribution in [2.24, 2.45) is 0 Å². The molecule has 2 radical (unpaired) electrons. The average Bonchev–Trinajstić information content (AvgIpc) is 2.82. The predicted molar refractivity (Wildman–Crippen MR) is 120 cm³/mol. The number of ether oxygens (including phenoxy) is 2. The van der Waals surface area contributed by atoms with Gasteiger partial charge in [0.1, 0.15) is 5.82 Å². The lowest BCUT2D eigenvalue weighted by Crippen LogP contribution is -2.31. The van der Waals surface area contributed by atoms with Gasteiger partial charge in [0.05, 0.1) is 21.1 Å². The van der Waals surface area contributed by atoms with Gasteiger partial charge in [0.2, 0.25) is 0 Å². The fraction of sp³-hybridized carbons (Fsp3) is 0.308. The number of hydrogen-bond donors (Lipinski definition) is 0. The molecule has 0 spiro atoms. The molecular formula is C26H24BF3O2. The molecule has 4 rings (SSSR count). The van der Waals surface area contributed by atoms with Crippen LogP contribution in [0.5, 0.6) is 0 Å². The molecule has 1 aliphatic heterocycles. The van der Waals surface area contributed by atoms with Gasteiger partial charge in [-0.25, -0.2) is 13.2 Å². The molecule has 1 fully saturated rings. The molecule has 3 aromatic carbocycles. The molecule has 1 aliphatic rings. The van der Waals surface area contributed by atoms with E-state index in [1.54, 1.807) is 30.3 Å². The topological polar surface area (TPSA) is 18.5 Å². The van der Waals surface area contributed by atoms with E-state index in [0.717, 1.165) is 18.4 Å². The van der Waals surface area contributed by atoms with E-state index >= 15 is 0 Å². The quantitative estimate of drug-likeness (QED) is 0.419. The average molecular weight is 436 g/mol. The molecule has 0 amide bonds. The Bertz CT molecular complexity index is 1080. The van der Waals surface area contributed by atoms with Crippen molar-refractivity contribution in [2.45, 2.75) is 38.3 Å². The van der Waals surface area contributed by atoms with E-state index in [0.29, 0.717) is 29.9 Å². The fourth-order valence-electron chi connectivity index (χ4n) is 3.98. The molecule has 0 N–H and O–H groups in total. The van der Waals surface area contributed by atoms with E-state index in [1.165, 1.54) is 18.2 Å². The van der Waals surface area contributed by atoms with Crippen molar-refractivity contribution in [1.29, 1.82) is 0 Å². The van der Waals surface area contributed by atoms with Crippen molar-refractivity contribution in [2.75, 3.05) is 13.2 Å². The molecule has 1 saturated heterocycles. The van der Waals surface area contributed by atoms with E-state index in [9.17, 15) is 13.2 Å². The minimum absolute atomic E-state index is 0.0675. The van der Waals surface area contributed by atoms with Crippen molar-refractivity contribution in [1.82, 2.24) is 0 Å². The molecule has 0 saturated carbocycles. The van der Waals surface area contributed by atoms with E-state index < -0.39 is 11.6 Å². The highest BCUT2D eigenvalue weighted by molar-refractivity contribution is 6.08. The van der Waals surface area contributed by atoms with Gasteiger partial charge in [-0.15, -0.1) is 0 Å². The summed E-state index contributed by atoms with van der Waals surface area (Å²) >= 11 is 0. The molecule has 0 unspecified atom stereocenters. The maximum absolute atomic E-state index is 14.9. The van der Waals surface area contributed by atoms with E-state index in [4.69, 9.17) is 17.3 Å². The Morgan fingerprint density at radius 1 is 0.844 bits per heavy atom. The van der Waals surface area contributed by atoms with Crippen molar-refractivity contribution in [3.8, 4) is 22.3 Å². The Morgan fingerprint density at radius 2 is 1.50 bits per heavy atom. The highest BCUT2D eigenvalue weighted by Gasteiger charge is 2.25. The van der Waals surface area contributed by atoms with Gasteiger partial charge >= 0.3 is 0 Å². The first kappa shape index (κ1) is 22.6. The Kier molecular flexibility index (Phi) is 7.02. The molecule has 2 nitrogen and oxygen atoms in total. The van der Waals surface area contributed by atoms with Gasteiger partial charge in [-0.3, -0.25) is 0 Å². The minimum atomic E-state index is -0.927. The zero-order chi connectivity index (χ0) is 22.7. The van der Waals surface area contributed by atoms with Crippen LogP contribution in [0.1, 0.15) is 36.8 Å². The highest BCUT2D eigenvalue weighted by atomic mass is 19.2. The summed E-state index contributed by atoms with van der Waals surface area (Å²) in [5.74, 6) is -2.31. The maximum Gasteiger partial charge on any atom is 0.166 e. The lowest BCUT2D eigenvalue weighted by molar-refractivity contribution is -0.190. The summed E-state index contributed by atoms with van der Waals surface area (Å²) in [4.78, 5) is 0. The van der Waals surface area contributed by atoms with E-state index in [2.05, 4.69) is 6.92 Å². The van der Waals surface area contributed by atoms with Crippen molar-refractivity contribution < 1.29 is 22.6 Å². The zero-order valence-electron chi connectivity index (χ0n) is 17.9. The maximum atomic E-state index is 14.9. The largest absolute Gasteiger partial charge is 0.352 e. The SMILES string of the molecule is [B]Cc1ccc(-c2ccc(-c3ccc(C4COC(CCC)OC4)c(F)c3)cc2)c(F)c1F. The third-order valence-corrected chi connectivity index (χ3v) is 5.84. The van der Waals surface area contributed by atoms with Gasteiger partial charge in [-0.2, -0.15) is 0 Å². The molecule has 32 heavy (non-hydrogen) atoms. The van der Waals surface area contributed by atoms with Gasteiger partial charge in [0.15, 0.2) is 17.9 Å². The lowest BCUT2D eigenvalue weighted by Gasteiger charge is -2.29. The van der Waals surface area contributed by atoms with Crippen LogP contribution in [0.4, 0.5) is 13.2 Å². The van der Waals surface area contributed by atoms with E-state index in [1.807, 2.05) is 6.07 Å². The Morgan fingerprint density at radius 3 is 2.12 bits per heavy atom. The smallest absolute Gasteiger partial charge is 0.166 e. The second kappa shape index (κ2) is 9.93. The molecule has 6 heteroatoms. The Hall–Kier alpha value is -2.57. The standard InChI is InChI=1S/C26H24BF3O2/c1-2-3-24-31-14-20(15-32-24)21-10-8-18(12-23(21)28)16-4-6-17(7-5-16)22-11-9-19(13-27)25(29)26(22)30/h4-12,20,24H,2-3,13-15H2,1H3. The van der Waals surface area contributed by atoms with Crippen LogP contribution in [0.25, 0.3) is 22.3 Å². The van der Waals surface area contributed by atoms with Gasteiger partial charge in [0.25, 0.3) is 0 Å². The third-order valence-electron chi connectivity index (χ3n) is 5.84. The summed E-state index contributed by atoms with van der Waals surface area (Å²) in [6.07, 6.45) is 1.53. The van der Waals surface area contributed by atoms with Crippen molar-refractivity contribution in [3.05, 3.63) is 83.2 Å². The molecule has 0 aromatic heterocycles. The molecule has 3 aromatic rings. The molecular weight excluding hydrogens is 412 g/mol. The zero-order valence-corrected chi connectivity index (χ0v) is 17.9. The van der Waals surface area contributed by atoms with Crippen molar-refractivity contribution in [3.63, 3.8) is 0 Å². The first-order valence-corrected chi connectivity index (χ1v) is 10.8. The highest BCUT2D eigenvalue weighted by Crippen LogP contribution is 2.32. The van der Waals surface area contributed by atoms with Crippen LogP contribution in [0.3, 0.4) is 0 Å². The van der Waals surface area contributed by atoms with Crippen LogP contribution in [0, 0.1) is 17.5 Å². The Balaban J connectivity index is 1.52. The lowest BCUT2D eigenvalue weighted by atomic mass is 9.93. The second-order valence-electron chi connectivity index (χ2n) is 8.00. The number of hydrogen-bond acceptors (Lipinski definition) is 2. The van der Waals surface area contributed by atoms with Crippen LogP contribution in [-0.4, -0.2) is 27.4 Å². The monoisotopic (exact) mass is 436 g/mol. The molecule has 0 bridgehead atoms. The number of benzene rings is 3. The number of halogens is 3. The summed E-state index contributed by atoms with van der Waals surface area (Å²) in [5, 5.41) is 0. The second-order valence-corrected chi connectivity index (χ2v) is 8.00. The van der Waals surface area contributed by atoms with Crippen LogP contribution in [0.2, 0.25) is 0 Å². The van der Waals surface area contributed by atoms with Gasteiger partial charge in [0, 0.05) is 11.5 Å². The van der Waals surface area contributed by atoms with Crippen molar-refractivity contribution >= 4 is 7.85 Å². The fourth-order valence-corrected chi connectivity index (χ4v) is 3.98. The Labute approximate surface area is 187 Å². The molecule has 0 aliphatic carbocycles. The summed E-state index contributed by atoms with van der Waals surface area (Å²) in [5.41, 5.74) is 2.86. The minimum Gasteiger partial charge on any atom is -0.352 e. The first-order chi connectivity index (χ1) is 15.5. The van der Waals surface area contributed by atoms with Crippen LogP contribution in [-0.2, 0) is 15.8 Å². The summed E-state index contributed by atoms with van der Waals surface area (Å²) in [6.45, 7) is 2.93. The van der Waals surface area contributed by atoms with Crippen LogP contribution in [0.15, 0.2) is 54.6 Å². The first-order valence-electron chi connectivity index (χ1n) is 10.8. The number of rotatable bonds is 6. The van der Waals surface area contributed by atoms with Gasteiger partial charge < -0.3 is 9.47 Å².